The van der Waals surface area contributed by atoms with Crippen LogP contribution in [0, 0.1) is 0 Å². The molecule has 1 aromatic heterocycles. The van der Waals surface area contributed by atoms with Crippen LogP contribution in [0.25, 0.3) is 11.0 Å². The molecule has 0 radical (unpaired) electrons. The first-order valence-electron chi connectivity index (χ1n) is 6.24. The summed E-state index contributed by atoms with van der Waals surface area (Å²) in [5, 5.41) is 8.59. The van der Waals surface area contributed by atoms with Gasteiger partial charge >= 0.3 is 5.97 Å². The quantitative estimate of drug-likeness (QED) is 0.843. The molecule has 0 amide bonds. The summed E-state index contributed by atoms with van der Waals surface area (Å²) in [6, 6.07) is 6.97. The topological polar surface area (TPSA) is 89.3 Å². The summed E-state index contributed by atoms with van der Waals surface area (Å²) in [6.45, 7) is 1.35. The van der Waals surface area contributed by atoms with Crippen molar-refractivity contribution in [3.05, 3.63) is 30.1 Å². The Balaban J connectivity index is 2.36. The average molecular weight is 274 g/mol. The first-order valence-corrected chi connectivity index (χ1v) is 6.24. The predicted molar refractivity (Wildman–Crippen MR) is 71.9 cm³/mol. The van der Waals surface area contributed by atoms with Gasteiger partial charge in [0.15, 0.2) is 11.6 Å². The second-order valence-corrected chi connectivity index (χ2v) is 4.46. The zero-order valence-electron chi connectivity index (χ0n) is 11.0. The normalized spacial score (nSPS) is 10.7. The molecule has 1 heterocycles. The van der Waals surface area contributed by atoms with Crippen molar-refractivity contribution in [3.8, 4) is 0 Å². The van der Waals surface area contributed by atoms with Crippen LogP contribution < -0.4 is 0 Å². The van der Waals surface area contributed by atoms with Crippen LogP contribution in [0.3, 0.4) is 0 Å². The molecule has 0 saturated carbocycles. The third kappa shape index (κ3) is 2.74. The maximum absolute atomic E-state index is 12.2. The number of para-hydroxylation sites is 2. The largest absolute Gasteiger partial charge is 0.481 e. The lowest BCUT2D eigenvalue weighted by molar-refractivity contribution is -0.137. The molecular formula is C14H14N2O4. The fourth-order valence-electron chi connectivity index (χ4n) is 2.02. The monoisotopic (exact) mass is 274 g/mol. The summed E-state index contributed by atoms with van der Waals surface area (Å²) >= 11 is 0. The Bertz CT molecular complexity index is 688. The summed E-state index contributed by atoms with van der Waals surface area (Å²) in [5.74, 6) is -1.47. The van der Waals surface area contributed by atoms with Crippen LogP contribution in [0.5, 0.6) is 0 Å². The Labute approximate surface area is 115 Å². The van der Waals surface area contributed by atoms with Crippen molar-refractivity contribution in [1.29, 1.82) is 0 Å². The molecule has 0 aliphatic heterocycles. The van der Waals surface area contributed by atoms with E-state index in [4.69, 9.17) is 5.11 Å². The molecule has 20 heavy (non-hydrogen) atoms. The van der Waals surface area contributed by atoms with Crippen LogP contribution in [-0.2, 0) is 4.79 Å². The van der Waals surface area contributed by atoms with E-state index in [1.165, 1.54) is 11.5 Å². The first kappa shape index (κ1) is 13.9. The lowest BCUT2D eigenvalue weighted by Gasteiger charge is -2.05. The number of carboxylic acids is 1. The highest BCUT2D eigenvalue weighted by molar-refractivity contribution is 6.01. The number of ketones is 1. The van der Waals surface area contributed by atoms with Gasteiger partial charge in [-0.2, -0.15) is 0 Å². The van der Waals surface area contributed by atoms with E-state index in [0.29, 0.717) is 11.0 Å². The molecule has 0 fully saturated rings. The van der Waals surface area contributed by atoms with Crippen molar-refractivity contribution < 1.29 is 19.5 Å². The van der Waals surface area contributed by atoms with Gasteiger partial charge in [-0.1, -0.05) is 12.1 Å². The number of nitrogens with zero attached hydrogens (tertiary/aromatic N) is 2. The minimum atomic E-state index is -0.944. The Morgan fingerprint density at radius 1 is 1.20 bits per heavy atom. The number of imidazole rings is 1. The molecule has 0 unspecified atom stereocenters. The van der Waals surface area contributed by atoms with Crippen molar-refractivity contribution in [3.63, 3.8) is 0 Å². The molecule has 2 aromatic rings. The van der Waals surface area contributed by atoms with Crippen LogP contribution in [-0.4, -0.2) is 32.3 Å². The Morgan fingerprint density at radius 3 is 2.55 bits per heavy atom. The minimum absolute atomic E-state index is 0.0624. The van der Waals surface area contributed by atoms with Crippen LogP contribution in [0.4, 0.5) is 0 Å². The lowest BCUT2D eigenvalue weighted by atomic mass is 10.2. The number of fused-ring (bicyclic) bond motifs is 1. The SMILES string of the molecule is CC(=O)c1nc2ccccc2n1C(=O)CCCC(=O)O. The number of carbonyl (C=O) groups excluding carboxylic acids is 2. The van der Waals surface area contributed by atoms with Gasteiger partial charge in [0, 0.05) is 19.8 Å². The fraction of sp³-hybridized carbons (Fsp3) is 0.286. The number of rotatable bonds is 5. The first-order chi connectivity index (χ1) is 9.50. The van der Waals surface area contributed by atoms with E-state index in [1.807, 2.05) is 0 Å². The standard InChI is InChI=1S/C14H14N2O4/c1-9(17)14-15-10-5-2-3-6-11(10)16(14)12(18)7-4-8-13(19)20/h2-3,5-6H,4,7-8H2,1H3,(H,19,20). The van der Waals surface area contributed by atoms with E-state index in [-0.39, 0.29) is 36.8 Å². The van der Waals surface area contributed by atoms with E-state index in [2.05, 4.69) is 4.98 Å². The maximum atomic E-state index is 12.2. The number of Topliss-reactive ketones (excluding diaryl/α,β-unsaturated/α-hetero) is 1. The second-order valence-electron chi connectivity index (χ2n) is 4.46. The third-order valence-electron chi connectivity index (χ3n) is 2.91. The summed E-state index contributed by atoms with van der Waals surface area (Å²) in [7, 11) is 0. The molecule has 0 bridgehead atoms. The number of carbonyl (C=O) groups is 3. The molecule has 0 saturated heterocycles. The molecule has 6 heteroatoms. The van der Waals surface area contributed by atoms with Gasteiger partial charge in [-0.3, -0.25) is 19.0 Å². The maximum Gasteiger partial charge on any atom is 0.303 e. The van der Waals surface area contributed by atoms with Gasteiger partial charge in [0.05, 0.1) is 11.0 Å². The second kappa shape index (κ2) is 5.64. The van der Waals surface area contributed by atoms with Gasteiger partial charge in [-0.05, 0) is 18.6 Å². The number of hydrogen-bond acceptors (Lipinski definition) is 4. The van der Waals surface area contributed by atoms with Gasteiger partial charge in [-0.25, -0.2) is 4.98 Å². The highest BCUT2D eigenvalue weighted by Gasteiger charge is 2.19. The Hall–Kier alpha value is -2.50. The van der Waals surface area contributed by atoms with E-state index in [0.717, 1.165) is 0 Å². The molecule has 0 spiro atoms. The summed E-state index contributed by atoms with van der Waals surface area (Å²) in [4.78, 5) is 38.4. The van der Waals surface area contributed by atoms with Crippen molar-refractivity contribution in [2.24, 2.45) is 0 Å². The molecular weight excluding hydrogens is 260 g/mol. The Morgan fingerprint density at radius 2 is 1.90 bits per heavy atom. The van der Waals surface area contributed by atoms with Crippen LogP contribution >= 0.6 is 0 Å². The zero-order valence-corrected chi connectivity index (χ0v) is 11.0. The van der Waals surface area contributed by atoms with Crippen molar-refractivity contribution in [1.82, 2.24) is 9.55 Å². The minimum Gasteiger partial charge on any atom is -0.481 e. The average Bonchev–Trinajstić information content (AvgIpc) is 2.77. The molecule has 0 atom stereocenters. The summed E-state index contributed by atoms with van der Waals surface area (Å²) in [6.07, 6.45) is 0.221. The van der Waals surface area contributed by atoms with Crippen LogP contribution in [0.2, 0.25) is 0 Å². The molecule has 1 aromatic carbocycles. The van der Waals surface area contributed by atoms with Crippen LogP contribution in [0.15, 0.2) is 24.3 Å². The molecule has 104 valence electrons. The molecule has 0 aliphatic rings. The number of hydrogen-bond donors (Lipinski definition) is 1. The number of carboxylic acid groups (broad SMARTS) is 1. The highest BCUT2D eigenvalue weighted by Crippen LogP contribution is 2.17. The number of benzene rings is 1. The van der Waals surface area contributed by atoms with Crippen molar-refractivity contribution >= 4 is 28.7 Å². The smallest absolute Gasteiger partial charge is 0.303 e. The van der Waals surface area contributed by atoms with Crippen molar-refractivity contribution in [2.45, 2.75) is 26.2 Å². The summed E-state index contributed by atoms with van der Waals surface area (Å²) in [5.41, 5.74) is 1.14. The van der Waals surface area contributed by atoms with Crippen LogP contribution in [0.1, 0.15) is 41.6 Å². The molecule has 6 nitrogen and oxygen atoms in total. The highest BCUT2D eigenvalue weighted by atomic mass is 16.4. The van der Waals surface area contributed by atoms with Gasteiger partial charge in [-0.15, -0.1) is 0 Å². The van der Waals surface area contributed by atoms with E-state index >= 15 is 0 Å². The van der Waals surface area contributed by atoms with Gasteiger partial charge < -0.3 is 5.11 Å². The Kier molecular flexibility index (Phi) is 3.93. The predicted octanol–water partition coefficient (Wildman–Crippen LogP) is 2.13. The van der Waals surface area contributed by atoms with Gasteiger partial charge in [0.2, 0.25) is 5.91 Å². The lowest BCUT2D eigenvalue weighted by Crippen LogP contribution is -2.16. The summed E-state index contributed by atoms with van der Waals surface area (Å²) < 4.78 is 1.28. The van der Waals surface area contributed by atoms with Gasteiger partial charge in [0.1, 0.15) is 0 Å². The molecule has 0 aliphatic carbocycles. The number of aliphatic carboxylic acids is 1. The zero-order chi connectivity index (χ0) is 14.7. The van der Waals surface area contributed by atoms with E-state index in [9.17, 15) is 14.4 Å². The molecule has 1 N–H and O–H groups in total. The van der Waals surface area contributed by atoms with Crippen molar-refractivity contribution in [2.75, 3.05) is 0 Å². The third-order valence-corrected chi connectivity index (χ3v) is 2.91. The fourth-order valence-corrected chi connectivity index (χ4v) is 2.02. The number of aromatic nitrogens is 2. The van der Waals surface area contributed by atoms with E-state index < -0.39 is 5.97 Å². The van der Waals surface area contributed by atoms with Gasteiger partial charge in [0.25, 0.3) is 0 Å². The molecule has 2 rings (SSSR count). The van der Waals surface area contributed by atoms with E-state index in [1.54, 1.807) is 24.3 Å².